The predicted octanol–water partition coefficient (Wildman–Crippen LogP) is 3.82. The molecule has 3 heterocycles. The number of carbonyl (C=O) groups excluding carboxylic acids is 1. The molecule has 0 spiro atoms. The lowest BCUT2D eigenvalue weighted by Crippen LogP contribution is -2.49. The highest BCUT2D eigenvalue weighted by Crippen LogP contribution is 2.43. The molecule has 14 heteroatoms. The first kappa shape index (κ1) is 23.8. The van der Waals surface area contributed by atoms with E-state index in [4.69, 9.17) is 10.2 Å². The van der Waals surface area contributed by atoms with Crippen LogP contribution < -0.4 is 11.1 Å². The number of halogens is 6. The van der Waals surface area contributed by atoms with E-state index < -0.39 is 70.2 Å². The lowest BCUT2D eigenvalue weighted by atomic mass is 9.91. The number of ketones is 1. The molecule has 8 nitrogen and oxygen atoms in total. The highest BCUT2D eigenvalue weighted by molar-refractivity contribution is 5.88. The van der Waals surface area contributed by atoms with Gasteiger partial charge in [-0.25, -0.2) is 4.98 Å². The lowest BCUT2D eigenvalue weighted by molar-refractivity contribution is -0.262. The van der Waals surface area contributed by atoms with E-state index in [0.717, 1.165) is 0 Å². The second kappa shape index (κ2) is 7.60. The molecule has 0 saturated carbocycles. The molecular weight excluding hydrogens is 448 g/mol. The number of nitrogens with one attached hydrogen (secondary N) is 1. The maximum Gasteiger partial charge on any atom is 0.433 e. The SMILES string of the molecule is CC1(C)CCCCC(=O)C(O)(C(F)(F)F)c2nnc(o2)-c2nc(c(C(F)(F)F)cc2N)N1. The Hall–Kier alpha value is -2.90. The van der Waals surface area contributed by atoms with Crippen molar-refractivity contribution in [1.29, 1.82) is 0 Å². The van der Waals surface area contributed by atoms with E-state index in [1.165, 1.54) is 0 Å². The summed E-state index contributed by atoms with van der Waals surface area (Å²) in [6, 6.07) is 0.539. The van der Waals surface area contributed by atoms with Crippen molar-refractivity contribution in [2.45, 2.75) is 63.0 Å². The zero-order valence-corrected chi connectivity index (χ0v) is 16.9. The first-order valence-corrected chi connectivity index (χ1v) is 9.39. The second-order valence-electron chi connectivity index (χ2n) is 8.08. The topological polar surface area (TPSA) is 127 Å². The van der Waals surface area contributed by atoms with Gasteiger partial charge in [-0.1, -0.05) is 6.42 Å². The average molecular weight is 467 g/mol. The van der Waals surface area contributed by atoms with Crippen LogP contribution in [0.15, 0.2) is 10.5 Å². The van der Waals surface area contributed by atoms with Crippen LogP contribution in [0.3, 0.4) is 0 Å². The van der Waals surface area contributed by atoms with Gasteiger partial charge in [0.25, 0.3) is 17.4 Å². The number of aromatic nitrogens is 3. The average Bonchev–Trinajstić information content (AvgIpc) is 3.13. The van der Waals surface area contributed by atoms with Gasteiger partial charge >= 0.3 is 12.4 Å². The summed E-state index contributed by atoms with van der Waals surface area (Å²) in [6.45, 7) is 3.13. The maximum absolute atomic E-state index is 13.6. The van der Waals surface area contributed by atoms with Gasteiger partial charge in [0.2, 0.25) is 0 Å². The largest absolute Gasteiger partial charge is 0.433 e. The van der Waals surface area contributed by atoms with Crippen LogP contribution in [0.25, 0.3) is 11.6 Å². The van der Waals surface area contributed by atoms with Crippen LogP contribution in [0.4, 0.5) is 37.8 Å². The quantitative estimate of drug-likeness (QED) is 0.499. The molecule has 3 rings (SSSR count). The van der Waals surface area contributed by atoms with Crippen LogP contribution in [0.5, 0.6) is 0 Å². The minimum atomic E-state index is -5.49. The third-order valence-corrected chi connectivity index (χ3v) is 5.02. The van der Waals surface area contributed by atoms with E-state index in [-0.39, 0.29) is 19.3 Å². The molecule has 32 heavy (non-hydrogen) atoms. The van der Waals surface area contributed by atoms with Crippen molar-refractivity contribution in [2.24, 2.45) is 0 Å². The first-order valence-electron chi connectivity index (χ1n) is 9.39. The van der Waals surface area contributed by atoms with Crippen LogP contribution in [-0.4, -0.2) is 37.8 Å². The van der Waals surface area contributed by atoms with E-state index in [1.807, 2.05) is 0 Å². The first-order chi connectivity index (χ1) is 14.6. The van der Waals surface area contributed by atoms with Crippen molar-refractivity contribution < 1.29 is 40.7 Å². The molecule has 176 valence electrons. The number of Topliss-reactive ketones (excluding diaryl/α,β-unsaturated/α-hetero) is 1. The molecule has 0 aliphatic carbocycles. The number of aliphatic hydroxyl groups is 1. The van der Waals surface area contributed by atoms with E-state index >= 15 is 0 Å². The van der Waals surface area contributed by atoms with Gasteiger partial charge in [-0.15, -0.1) is 10.2 Å². The maximum atomic E-state index is 13.6. The molecule has 0 aromatic carbocycles. The molecular formula is C18H19F6N5O3. The number of hydrogen-bond acceptors (Lipinski definition) is 8. The normalized spacial score (nSPS) is 22.2. The second-order valence-corrected chi connectivity index (χ2v) is 8.08. The van der Waals surface area contributed by atoms with Gasteiger partial charge in [0.1, 0.15) is 5.82 Å². The summed E-state index contributed by atoms with van der Waals surface area (Å²) in [5.74, 6) is -4.50. The van der Waals surface area contributed by atoms with E-state index in [2.05, 4.69) is 20.5 Å². The summed E-state index contributed by atoms with van der Waals surface area (Å²) in [4.78, 5) is 16.1. The Kier molecular flexibility index (Phi) is 5.64. The Labute approximate surface area is 177 Å². The molecule has 2 aromatic rings. The summed E-state index contributed by atoms with van der Waals surface area (Å²) in [5, 5.41) is 19.4. The molecule has 1 atom stereocenters. The molecule has 0 radical (unpaired) electrons. The number of nitrogen functional groups attached to an aromatic ring is 1. The third-order valence-electron chi connectivity index (χ3n) is 5.02. The van der Waals surface area contributed by atoms with Crippen LogP contribution in [-0.2, 0) is 16.6 Å². The Morgan fingerprint density at radius 1 is 1.16 bits per heavy atom. The molecule has 1 aliphatic heterocycles. The van der Waals surface area contributed by atoms with Gasteiger partial charge in [-0.3, -0.25) is 4.79 Å². The van der Waals surface area contributed by atoms with Crippen LogP contribution >= 0.6 is 0 Å². The molecule has 1 unspecified atom stereocenters. The van der Waals surface area contributed by atoms with Crippen LogP contribution in [0.2, 0.25) is 0 Å². The molecule has 0 amide bonds. The number of hydrogen-bond donors (Lipinski definition) is 3. The molecule has 4 N–H and O–H groups in total. The van der Waals surface area contributed by atoms with Crippen molar-refractivity contribution >= 4 is 17.3 Å². The fraction of sp³-hybridized carbons (Fsp3) is 0.556. The van der Waals surface area contributed by atoms with Gasteiger partial charge in [0, 0.05) is 12.0 Å². The van der Waals surface area contributed by atoms with Crippen molar-refractivity contribution in [1.82, 2.24) is 15.2 Å². The Balaban J connectivity index is 2.25. The van der Waals surface area contributed by atoms with Crippen LogP contribution in [0, 0.1) is 0 Å². The number of rotatable bonds is 0. The van der Waals surface area contributed by atoms with E-state index in [9.17, 15) is 36.2 Å². The van der Waals surface area contributed by atoms with Gasteiger partial charge in [0.05, 0.1) is 11.3 Å². The molecule has 4 bridgehead atoms. The third kappa shape index (κ3) is 4.23. The van der Waals surface area contributed by atoms with Gasteiger partial charge in [-0.2, -0.15) is 26.3 Å². The minimum Gasteiger partial charge on any atom is -0.415 e. The highest BCUT2D eigenvalue weighted by Gasteiger charge is 2.64. The van der Waals surface area contributed by atoms with Gasteiger partial charge < -0.3 is 20.6 Å². The number of carbonyl (C=O) groups is 1. The lowest BCUT2D eigenvalue weighted by Gasteiger charge is -2.29. The molecule has 2 aromatic heterocycles. The summed E-state index contributed by atoms with van der Waals surface area (Å²) < 4.78 is 86.5. The van der Waals surface area contributed by atoms with Gasteiger partial charge in [0.15, 0.2) is 11.5 Å². The number of pyridine rings is 1. The zero-order valence-electron chi connectivity index (χ0n) is 16.9. The summed E-state index contributed by atoms with van der Waals surface area (Å²) >= 11 is 0. The van der Waals surface area contributed by atoms with E-state index in [1.54, 1.807) is 13.8 Å². The Morgan fingerprint density at radius 3 is 2.41 bits per heavy atom. The monoisotopic (exact) mass is 467 g/mol. The van der Waals surface area contributed by atoms with Crippen molar-refractivity contribution in [3.05, 3.63) is 17.5 Å². The number of nitrogens with zero attached hydrogens (tertiary/aromatic N) is 3. The summed E-state index contributed by atoms with van der Waals surface area (Å²) in [6.07, 6.45) is -10.7. The fourth-order valence-electron chi connectivity index (χ4n) is 3.29. The fourth-order valence-corrected chi connectivity index (χ4v) is 3.29. The van der Waals surface area contributed by atoms with Crippen LogP contribution in [0.1, 0.15) is 51.0 Å². The molecule has 0 fully saturated rings. The number of nitrogens with two attached hydrogens (primary N) is 1. The summed E-state index contributed by atoms with van der Waals surface area (Å²) in [7, 11) is 0. The summed E-state index contributed by atoms with van der Waals surface area (Å²) in [5.41, 5.74) is -1.77. The number of alkyl halides is 6. The van der Waals surface area contributed by atoms with E-state index in [0.29, 0.717) is 6.07 Å². The smallest absolute Gasteiger partial charge is 0.415 e. The standard InChI is InChI=1S/C18H19F6N5O3/c1-15(2)6-4-3-5-10(30)16(31,18(22,23)24)14-29-28-13(32-14)11-9(25)7-8(17(19,20)21)12(26-11)27-15/h7,31H,3-6,25H2,1-2H3,(H,26,27). The highest BCUT2D eigenvalue weighted by atomic mass is 19.4. The van der Waals surface area contributed by atoms with Crippen molar-refractivity contribution in [3.8, 4) is 11.6 Å². The molecule has 1 aliphatic rings. The zero-order chi connectivity index (χ0) is 24.1. The van der Waals surface area contributed by atoms with Crippen molar-refractivity contribution in [2.75, 3.05) is 11.1 Å². The van der Waals surface area contributed by atoms with Gasteiger partial charge in [-0.05, 0) is 32.8 Å². The Morgan fingerprint density at radius 2 is 1.81 bits per heavy atom. The number of anilines is 2. The number of fused-ring (bicyclic) bond motifs is 5. The Bertz CT molecular complexity index is 1030. The minimum absolute atomic E-state index is 0.0735. The predicted molar refractivity (Wildman–Crippen MR) is 98.1 cm³/mol. The van der Waals surface area contributed by atoms with Crippen molar-refractivity contribution in [3.63, 3.8) is 0 Å². The molecule has 0 saturated heterocycles.